The molecule has 0 saturated heterocycles. The molecule has 40 heavy (non-hydrogen) atoms. The van der Waals surface area contributed by atoms with Crippen LogP contribution in [-0.2, 0) is 16.1 Å². The van der Waals surface area contributed by atoms with Gasteiger partial charge in [-0.25, -0.2) is 0 Å². The standard InChI is InChI=1S/C29H39FN4O5Si/c1-18-27(38-3)22-15-21(31-29(37)19(2)36)11-12-25(22)39-28(18)26(40(4,5)30)13-14-34-16-24(32-33-34)23(17-35)20-9-7-6-8-10-20/h6-12,15-16,18-19,23,26-28,35-36H,13-14,17H2,1-5H3,(H,31,37)/t18-,19-,23?,26?,27-,28-/m0/s1. The number of benzene rings is 2. The lowest BCUT2D eigenvalue weighted by Crippen LogP contribution is -2.46. The van der Waals surface area contributed by atoms with Crippen molar-refractivity contribution in [3.8, 4) is 5.75 Å². The summed E-state index contributed by atoms with van der Waals surface area (Å²) >= 11 is 0. The minimum atomic E-state index is -3.22. The van der Waals surface area contributed by atoms with Crippen molar-refractivity contribution < 1.29 is 28.6 Å². The molecule has 3 aromatic rings. The van der Waals surface area contributed by atoms with E-state index in [9.17, 15) is 15.0 Å². The van der Waals surface area contributed by atoms with Crippen molar-refractivity contribution in [2.45, 2.75) is 69.7 Å². The molecule has 1 aromatic heterocycles. The number of methoxy groups -OCH3 is 1. The summed E-state index contributed by atoms with van der Waals surface area (Å²) in [7, 11) is -1.61. The Morgan fingerprint density at radius 2 is 1.98 bits per heavy atom. The Morgan fingerprint density at radius 3 is 2.60 bits per heavy atom. The smallest absolute Gasteiger partial charge is 0.252 e. The van der Waals surface area contributed by atoms with Crippen molar-refractivity contribution >= 4 is 20.0 Å². The monoisotopic (exact) mass is 570 g/mol. The fourth-order valence-electron chi connectivity index (χ4n) is 5.51. The summed E-state index contributed by atoms with van der Waals surface area (Å²) < 4.78 is 29.9. The van der Waals surface area contributed by atoms with E-state index in [1.165, 1.54) is 6.92 Å². The fourth-order valence-corrected chi connectivity index (χ4v) is 7.48. The van der Waals surface area contributed by atoms with Crippen LogP contribution in [0.15, 0.2) is 54.7 Å². The first-order chi connectivity index (χ1) is 19.0. The van der Waals surface area contributed by atoms with Gasteiger partial charge in [-0.2, -0.15) is 0 Å². The second-order valence-electron chi connectivity index (χ2n) is 11.0. The molecule has 0 aliphatic carbocycles. The Labute approximate surface area is 235 Å². The number of aromatic nitrogens is 3. The number of carbonyl (C=O) groups excluding carboxylic acids is 1. The zero-order valence-electron chi connectivity index (χ0n) is 23.6. The van der Waals surface area contributed by atoms with Crippen LogP contribution in [0.4, 0.5) is 9.80 Å². The van der Waals surface area contributed by atoms with Crippen LogP contribution in [0.5, 0.6) is 5.75 Å². The summed E-state index contributed by atoms with van der Waals surface area (Å²) in [6.07, 6.45) is 0.376. The van der Waals surface area contributed by atoms with E-state index in [2.05, 4.69) is 15.6 Å². The molecule has 2 aromatic carbocycles. The number of carbonyl (C=O) groups is 1. The predicted molar refractivity (Wildman–Crippen MR) is 152 cm³/mol. The van der Waals surface area contributed by atoms with Crippen LogP contribution in [-0.4, -0.2) is 65.4 Å². The summed E-state index contributed by atoms with van der Waals surface area (Å²) in [5.74, 6) is -0.373. The van der Waals surface area contributed by atoms with Gasteiger partial charge >= 0.3 is 0 Å². The number of halogens is 1. The molecule has 4 rings (SSSR count). The lowest BCUT2D eigenvalue weighted by atomic mass is 9.86. The normalized spacial score (nSPS) is 21.1. The van der Waals surface area contributed by atoms with Gasteiger partial charge in [0.2, 0.25) is 8.41 Å². The van der Waals surface area contributed by atoms with Gasteiger partial charge in [-0.15, -0.1) is 5.10 Å². The van der Waals surface area contributed by atoms with Crippen molar-refractivity contribution in [1.29, 1.82) is 0 Å². The van der Waals surface area contributed by atoms with Gasteiger partial charge in [0.15, 0.2) is 0 Å². The SMILES string of the molecule is CO[C@@H]1c2cc(NC(=O)[C@H](C)O)ccc2O[C@H](C(CCn2cc(C(CO)c3ccccc3)nn2)[Si](C)(C)F)[C@H]1C. The van der Waals surface area contributed by atoms with Gasteiger partial charge < -0.3 is 29.1 Å². The Hall–Kier alpha value is -3.12. The minimum Gasteiger partial charge on any atom is -0.490 e. The molecular formula is C29H39FN4O5Si. The Balaban J connectivity index is 1.53. The van der Waals surface area contributed by atoms with E-state index in [1.807, 2.05) is 43.5 Å². The number of rotatable bonds is 11. The van der Waals surface area contributed by atoms with E-state index < -0.39 is 26.5 Å². The highest BCUT2D eigenvalue weighted by Gasteiger charge is 2.47. The number of aryl methyl sites for hydroxylation is 1. The van der Waals surface area contributed by atoms with Crippen molar-refractivity contribution in [2.24, 2.45) is 5.92 Å². The van der Waals surface area contributed by atoms with E-state index in [0.29, 0.717) is 30.1 Å². The van der Waals surface area contributed by atoms with Gasteiger partial charge in [-0.1, -0.05) is 42.5 Å². The van der Waals surface area contributed by atoms with Crippen LogP contribution in [0.2, 0.25) is 18.6 Å². The Morgan fingerprint density at radius 1 is 1.25 bits per heavy atom. The first-order valence-corrected chi connectivity index (χ1v) is 16.6. The maximum absolute atomic E-state index is 15.9. The van der Waals surface area contributed by atoms with E-state index in [-0.39, 0.29) is 30.1 Å². The van der Waals surface area contributed by atoms with Crippen LogP contribution in [0.3, 0.4) is 0 Å². The van der Waals surface area contributed by atoms with Crippen LogP contribution in [0.1, 0.15) is 49.1 Å². The zero-order valence-corrected chi connectivity index (χ0v) is 24.6. The van der Waals surface area contributed by atoms with Crippen LogP contribution in [0, 0.1) is 5.92 Å². The molecule has 6 atom stereocenters. The van der Waals surface area contributed by atoms with E-state index in [0.717, 1.165) is 11.1 Å². The molecule has 1 aliphatic rings. The van der Waals surface area contributed by atoms with Gasteiger partial charge in [0, 0.05) is 42.6 Å². The largest absolute Gasteiger partial charge is 0.490 e. The van der Waals surface area contributed by atoms with E-state index >= 15 is 4.11 Å². The maximum atomic E-state index is 15.9. The van der Waals surface area contributed by atoms with Gasteiger partial charge in [-0.3, -0.25) is 9.48 Å². The topological polar surface area (TPSA) is 119 Å². The van der Waals surface area contributed by atoms with Gasteiger partial charge in [0.05, 0.1) is 24.3 Å². The minimum absolute atomic E-state index is 0.0918. The van der Waals surface area contributed by atoms with Gasteiger partial charge in [-0.05, 0) is 50.2 Å². The number of amides is 1. The lowest BCUT2D eigenvalue weighted by molar-refractivity contribution is -0.123. The molecule has 2 heterocycles. The number of nitrogens with one attached hydrogen (secondary N) is 1. The molecule has 2 unspecified atom stereocenters. The highest BCUT2D eigenvalue weighted by molar-refractivity contribution is 6.72. The van der Waals surface area contributed by atoms with Gasteiger partial charge in [0.1, 0.15) is 18.0 Å². The average Bonchev–Trinajstić information content (AvgIpc) is 3.38. The second kappa shape index (κ2) is 12.6. The fraction of sp³-hybridized carbons (Fsp3) is 0.483. The number of hydrogen-bond acceptors (Lipinski definition) is 7. The first-order valence-electron chi connectivity index (χ1n) is 13.6. The zero-order chi connectivity index (χ0) is 29.0. The third kappa shape index (κ3) is 6.60. The summed E-state index contributed by atoms with van der Waals surface area (Å²) in [5, 5.41) is 30.8. The van der Waals surface area contributed by atoms with E-state index in [1.54, 1.807) is 43.1 Å². The predicted octanol–water partition coefficient (Wildman–Crippen LogP) is 4.44. The number of aliphatic hydroxyl groups is 2. The lowest BCUT2D eigenvalue weighted by Gasteiger charge is -2.43. The number of anilines is 1. The Kier molecular flexibility index (Phi) is 9.39. The number of aliphatic hydroxyl groups excluding tert-OH is 2. The highest BCUT2D eigenvalue weighted by atomic mass is 28.4. The molecule has 0 bridgehead atoms. The molecule has 1 aliphatic heterocycles. The number of fused-ring (bicyclic) bond motifs is 1. The summed E-state index contributed by atoms with van der Waals surface area (Å²) in [6.45, 7) is 7.15. The molecule has 11 heteroatoms. The highest BCUT2D eigenvalue weighted by Crippen LogP contribution is 2.48. The quantitative estimate of drug-likeness (QED) is 0.230. The molecule has 0 spiro atoms. The number of nitrogens with zero attached hydrogens (tertiary/aromatic N) is 3. The third-order valence-corrected chi connectivity index (χ3v) is 10.1. The molecule has 0 fully saturated rings. The van der Waals surface area contributed by atoms with E-state index in [4.69, 9.17) is 9.47 Å². The molecular weight excluding hydrogens is 531 g/mol. The first kappa shape index (κ1) is 29.8. The molecule has 3 N–H and O–H groups in total. The van der Waals surface area contributed by atoms with Crippen LogP contribution >= 0.6 is 0 Å². The summed E-state index contributed by atoms with van der Waals surface area (Å²) in [6, 6.07) is 14.9. The number of hydrogen-bond donors (Lipinski definition) is 3. The Bertz CT molecular complexity index is 1280. The molecule has 9 nitrogen and oxygen atoms in total. The van der Waals surface area contributed by atoms with Crippen molar-refractivity contribution in [2.75, 3.05) is 19.0 Å². The van der Waals surface area contributed by atoms with Crippen molar-refractivity contribution in [3.05, 3.63) is 71.5 Å². The maximum Gasteiger partial charge on any atom is 0.252 e. The van der Waals surface area contributed by atoms with Crippen LogP contribution < -0.4 is 10.1 Å². The molecule has 1 amide bonds. The van der Waals surface area contributed by atoms with Crippen molar-refractivity contribution in [3.63, 3.8) is 0 Å². The molecule has 0 radical (unpaired) electrons. The van der Waals surface area contributed by atoms with Gasteiger partial charge in [0.25, 0.3) is 5.91 Å². The summed E-state index contributed by atoms with van der Waals surface area (Å²) in [5.41, 5.74) is 2.55. The molecule has 216 valence electrons. The average molecular weight is 571 g/mol. The van der Waals surface area contributed by atoms with Crippen LogP contribution in [0.25, 0.3) is 0 Å². The number of ether oxygens (including phenoxy) is 2. The summed E-state index contributed by atoms with van der Waals surface area (Å²) in [4.78, 5) is 12.0. The molecule has 0 saturated carbocycles. The third-order valence-electron chi connectivity index (χ3n) is 7.72. The van der Waals surface area contributed by atoms with Crippen molar-refractivity contribution in [1.82, 2.24) is 15.0 Å². The second-order valence-corrected chi connectivity index (χ2v) is 14.9.